The highest BCUT2D eigenvalue weighted by atomic mass is 16.5. The SMILES string of the molecule is Cn1nccc1CCNC(=O)N1CCOCC1C(=O)O. The lowest BCUT2D eigenvalue weighted by atomic mass is 10.2. The second-order valence-electron chi connectivity index (χ2n) is 4.55. The van der Waals surface area contributed by atoms with Gasteiger partial charge in [0.15, 0.2) is 6.04 Å². The van der Waals surface area contributed by atoms with Crippen LogP contribution in [0.25, 0.3) is 0 Å². The number of aliphatic carboxylic acids is 1. The number of urea groups is 1. The summed E-state index contributed by atoms with van der Waals surface area (Å²) in [5.74, 6) is -1.05. The molecule has 0 saturated carbocycles. The predicted octanol–water partition coefficient (Wildman–Crippen LogP) is -0.542. The Bertz CT molecular complexity index is 488. The molecule has 20 heavy (non-hydrogen) atoms. The number of morpholine rings is 1. The fourth-order valence-electron chi connectivity index (χ4n) is 2.10. The van der Waals surface area contributed by atoms with Gasteiger partial charge in [-0.25, -0.2) is 9.59 Å². The zero-order valence-corrected chi connectivity index (χ0v) is 11.3. The molecule has 2 N–H and O–H groups in total. The number of rotatable bonds is 4. The summed E-state index contributed by atoms with van der Waals surface area (Å²) in [7, 11) is 1.83. The van der Waals surface area contributed by atoms with Crippen LogP contribution in [0.4, 0.5) is 4.79 Å². The predicted molar refractivity (Wildman–Crippen MR) is 69.3 cm³/mol. The van der Waals surface area contributed by atoms with Crippen LogP contribution in [0.5, 0.6) is 0 Å². The lowest BCUT2D eigenvalue weighted by Gasteiger charge is -2.32. The Hall–Kier alpha value is -2.09. The van der Waals surface area contributed by atoms with Gasteiger partial charge in [0.2, 0.25) is 0 Å². The molecule has 2 amide bonds. The van der Waals surface area contributed by atoms with Gasteiger partial charge < -0.3 is 20.1 Å². The molecule has 0 spiro atoms. The Morgan fingerprint density at radius 1 is 1.60 bits per heavy atom. The minimum Gasteiger partial charge on any atom is -0.480 e. The first-order valence-corrected chi connectivity index (χ1v) is 6.41. The van der Waals surface area contributed by atoms with Crippen molar-refractivity contribution in [3.63, 3.8) is 0 Å². The van der Waals surface area contributed by atoms with Crippen LogP contribution in [-0.4, -0.2) is 64.1 Å². The molecule has 110 valence electrons. The summed E-state index contributed by atoms with van der Waals surface area (Å²) in [6.45, 7) is 1.11. The van der Waals surface area contributed by atoms with E-state index in [1.54, 1.807) is 10.9 Å². The number of amides is 2. The van der Waals surface area contributed by atoms with Gasteiger partial charge in [0.05, 0.1) is 13.2 Å². The molecule has 2 heterocycles. The van der Waals surface area contributed by atoms with E-state index in [-0.39, 0.29) is 19.2 Å². The first-order valence-electron chi connectivity index (χ1n) is 6.41. The summed E-state index contributed by atoms with van der Waals surface area (Å²) in [5, 5.41) is 15.8. The minimum absolute atomic E-state index is 0.0322. The molecule has 1 aromatic rings. The highest BCUT2D eigenvalue weighted by molar-refractivity contribution is 5.83. The number of carboxylic acid groups (broad SMARTS) is 1. The zero-order chi connectivity index (χ0) is 14.5. The number of carbonyl (C=O) groups excluding carboxylic acids is 1. The van der Waals surface area contributed by atoms with E-state index in [0.29, 0.717) is 19.6 Å². The molecule has 0 bridgehead atoms. The molecule has 8 nitrogen and oxygen atoms in total. The zero-order valence-electron chi connectivity index (χ0n) is 11.3. The number of carboxylic acids is 1. The molecule has 1 aliphatic rings. The van der Waals surface area contributed by atoms with Crippen molar-refractivity contribution < 1.29 is 19.4 Å². The van der Waals surface area contributed by atoms with Gasteiger partial charge in [-0.3, -0.25) is 4.68 Å². The van der Waals surface area contributed by atoms with E-state index in [2.05, 4.69) is 10.4 Å². The van der Waals surface area contributed by atoms with Gasteiger partial charge in [0.25, 0.3) is 0 Å². The Labute approximate surface area is 116 Å². The molecule has 2 rings (SSSR count). The molecule has 1 unspecified atom stereocenters. The second kappa shape index (κ2) is 6.38. The average Bonchev–Trinajstić information content (AvgIpc) is 2.84. The number of nitrogens with one attached hydrogen (secondary N) is 1. The summed E-state index contributed by atoms with van der Waals surface area (Å²) < 4.78 is 6.83. The van der Waals surface area contributed by atoms with Crippen LogP contribution < -0.4 is 5.32 Å². The lowest BCUT2D eigenvalue weighted by molar-refractivity contribution is -0.147. The first-order chi connectivity index (χ1) is 9.59. The Morgan fingerprint density at radius 3 is 3.05 bits per heavy atom. The van der Waals surface area contributed by atoms with Crippen molar-refractivity contribution in [2.75, 3.05) is 26.3 Å². The Balaban J connectivity index is 1.84. The Kier molecular flexibility index (Phi) is 4.57. The van der Waals surface area contributed by atoms with Crippen LogP contribution in [0, 0.1) is 0 Å². The van der Waals surface area contributed by atoms with Crippen LogP contribution in [0.15, 0.2) is 12.3 Å². The normalized spacial score (nSPS) is 18.9. The highest BCUT2D eigenvalue weighted by Crippen LogP contribution is 2.07. The van der Waals surface area contributed by atoms with E-state index in [4.69, 9.17) is 9.84 Å². The molecule has 1 atom stereocenters. The van der Waals surface area contributed by atoms with Crippen molar-refractivity contribution in [2.45, 2.75) is 12.5 Å². The summed E-state index contributed by atoms with van der Waals surface area (Å²) in [5.41, 5.74) is 1.00. The number of ether oxygens (including phenoxy) is 1. The van der Waals surface area contributed by atoms with Crippen LogP contribution >= 0.6 is 0 Å². The third-order valence-electron chi connectivity index (χ3n) is 3.25. The quantitative estimate of drug-likeness (QED) is 0.773. The monoisotopic (exact) mass is 282 g/mol. The maximum absolute atomic E-state index is 12.0. The summed E-state index contributed by atoms with van der Waals surface area (Å²) >= 11 is 0. The standard InChI is InChI=1S/C12H18N4O4/c1-15-9(3-5-14-15)2-4-13-12(19)16-6-7-20-8-10(16)11(17)18/h3,5,10H,2,4,6-8H2,1H3,(H,13,19)(H,17,18). The third-order valence-corrected chi connectivity index (χ3v) is 3.25. The van der Waals surface area contributed by atoms with Crippen molar-refractivity contribution >= 4 is 12.0 Å². The van der Waals surface area contributed by atoms with E-state index >= 15 is 0 Å². The number of hydrogen-bond donors (Lipinski definition) is 2. The summed E-state index contributed by atoms with van der Waals surface area (Å²) in [4.78, 5) is 24.4. The molecular formula is C12H18N4O4. The summed E-state index contributed by atoms with van der Waals surface area (Å²) in [6.07, 6.45) is 2.34. The molecular weight excluding hydrogens is 264 g/mol. The Morgan fingerprint density at radius 2 is 2.40 bits per heavy atom. The molecule has 8 heteroatoms. The molecule has 1 fully saturated rings. The largest absolute Gasteiger partial charge is 0.480 e. The van der Waals surface area contributed by atoms with E-state index in [9.17, 15) is 9.59 Å². The molecule has 0 radical (unpaired) electrons. The third kappa shape index (κ3) is 3.27. The van der Waals surface area contributed by atoms with Crippen LogP contribution in [0.1, 0.15) is 5.69 Å². The van der Waals surface area contributed by atoms with E-state index in [0.717, 1.165) is 5.69 Å². The number of aromatic nitrogens is 2. The topological polar surface area (TPSA) is 96.7 Å². The van der Waals surface area contributed by atoms with Crippen LogP contribution in [0.2, 0.25) is 0 Å². The number of aryl methyl sites for hydroxylation is 1. The van der Waals surface area contributed by atoms with Gasteiger partial charge in [0.1, 0.15) is 0 Å². The van der Waals surface area contributed by atoms with Crippen LogP contribution in [-0.2, 0) is 23.0 Å². The second-order valence-corrected chi connectivity index (χ2v) is 4.55. The van der Waals surface area contributed by atoms with Crippen molar-refractivity contribution in [1.82, 2.24) is 20.0 Å². The van der Waals surface area contributed by atoms with Crippen molar-refractivity contribution in [2.24, 2.45) is 7.05 Å². The van der Waals surface area contributed by atoms with Gasteiger partial charge in [-0.15, -0.1) is 0 Å². The van der Waals surface area contributed by atoms with Gasteiger partial charge >= 0.3 is 12.0 Å². The van der Waals surface area contributed by atoms with Gasteiger partial charge in [-0.1, -0.05) is 0 Å². The lowest BCUT2D eigenvalue weighted by Crippen LogP contribution is -2.55. The van der Waals surface area contributed by atoms with Crippen molar-refractivity contribution in [3.8, 4) is 0 Å². The smallest absolute Gasteiger partial charge is 0.328 e. The van der Waals surface area contributed by atoms with Gasteiger partial charge in [-0.05, 0) is 6.07 Å². The fraction of sp³-hybridized carbons (Fsp3) is 0.583. The van der Waals surface area contributed by atoms with E-state index < -0.39 is 12.0 Å². The first kappa shape index (κ1) is 14.3. The van der Waals surface area contributed by atoms with E-state index in [1.165, 1.54) is 4.90 Å². The van der Waals surface area contributed by atoms with Crippen LogP contribution in [0.3, 0.4) is 0 Å². The van der Waals surface area contributed by atoms with E-state index in [1.807, 2.05) is 13.1 Å². The van der Waals surface area contributed by atoms with Gasteiger partial charge in [-0.2, -0.15) is 5.10 Å². The molecule has 1 aromatic heterocycles. The number of carbonyl (C=O) groups is 2. The maximum atomic E-state index is 12.0. The van der Waals surface area contributed by atoms with Gasteiger partial charge in [0, 0.05) is 38.4 Å². The van der Waals surface area contributed by atoms with Crippen molar-refractivity contribution in [3.05, 3.63) is 18.0 Å². The maximum Gasteiger partial charge on any atom is 0.328 e. The number of hydrogen-bond acceptors (Lipinski definition) is 4. The summed E-state index contributed by atoms with van der Waals surface area (Å²) in [6, 6.07) is 0.587. The minimum atomic E-state index is -1.05. The van der Waals surface area contributed by atoms with Crippen molar-refractivity contribution in [1.29, 1.82) is 0 Å². The molecule has 1 aliphatic heterocycles. The molecule has 1 saturated heterocycles. The number of nitrogens with zero attached hydrogens (tertiary/aromatic N) is 3. The average molecular weight is 282 g/mol. The highest BCUT2D eigenvalue weighted by Gasteiger charge is 2.32. The fourth-order valence-corrected chi connectivity index (χ4v) is 2.10. The molecule has 0 aromatic carbocycles. The molecule has 0 aliphatic carbocycles.